The molecule has 0 amide bonds. The van der Waals surface area contributed by atoms with E-state index >= 15 is 0 Å². The van der Waals surface area contributed by atoms with E-state index in [2.05, 4.69) is 32.9 Å². The van der Waals surface area contributed by atoms with E-state index < -0.39 is 5.79 Å². The lowest BCUT2D eigenvalue weighted by atomic mass is 9.90. The number of rotatable bonds is 3. The molecular formula is C15H23NO2. The minimum atomic E-state index is -0.630. The summed E-state index contributed by atoms with van der Waals surface area (Å²) in [4.78, 5) is 0. The lowest BCUT2D eigenvalue weighted by Gasteiger charge is -2.39. The van der Waals surface area contributed by atoms with E-state index in [-0.39, 0.29) is 0 Å². The highest BCUT2D eigenvalue weighted by Crippen LogP contribution is 2.38. The first-order chi connectivity index (χ1) is 8.59. The molecule has 1 aliphatic heterocycles. The monoisotopic (exact) mass is 249 g/mol. The normalized spacial score (nSPS) is 18.9. The van der Waals surface area contributed by atoms with Crippen LogP contribution in [-0.4, -0.2) is 19.8 Å². The molecule has 1 fully saturated rings. The molecule has 1 aromatic rings. The van der Waals surface area contributed by atoms with Crippen molar-refractivity contribution in [1.82, 2.24) is 0 Å². The third-order valence-electron chi connectivity index (χ3n) is 3.49. The molecule has 0 aromatic heterocycles. The molecule has 2 rings (SSSR count). The first kappa shape index (κ1) is 13.5. The molecule has 0 aliphatic carbocycles. The zero-order chi connectivity index (χ0) is 13.2. The summed E-state index contributed by atoms with van der Waals surface area (Å²) in [6, 6.07) is 4.36. The SMILES string of the molecule is Cc1cc(C)c(C2(CCN)OCCCO2)c(C)c1. The third-order valence-corrected chi connectivity index (χ3v) is 3.49. The van der Waals surface area contributed by atoms with Crippen LogP contribution in [0, 0.1) is 20.8 Å². The molecule has 0 spiro atoms. The number of nitrogens with two attached hydrogens (primary N) is 1. The summed E-state index contributed by atoms with van der Waals surface area (Å²) in [5.74, 6) is -0.630. The van der Waals surface area contributed by atoms with Crippen LogP contribution in [-0.2, 0) is 15.3 Å². The minimum absolute atomic E-state index is 0.562. The average molecular weight is 249 g/mol. The van der Waals surface area contributed by atoms with E-state index in [0.29, 0.717) is 13.0 Å². The van der Waals surface area contributed by atoms with Gasteiger partial charge in [0.05, 0.1) is 13.2 Å². The molecular weight excluding hydrogens is 226 g/mol. The summed E-state index contributed by atoms with van der Waals surface area (Å²) in [5, 5.41) is 0. The highest BCUT2D eigenvalue weighted by Gasteiger charge is 2.38. The zero-order valence-electron chi connectivity index (χ0n) is 11.6. The maximum Gasteiger partial charge on any atom is 0.196 e. The van der Waals surface area contributed by atoms with Crippen molar-refractivity contribution in [1.29, 1.82) is 0 Å². The van der Waals surface area contributed by atoms with Gasteiger partial charge < -0.3 is 15.2 Å². The number of hydrogen-bond acceptors (Lipinski definition) is 3. The summed E-state index contributed by atoms with van der Waals surface area (Å²) in [6.45, 7) is 8.40. The molecule has 0 atom stereocenters. The van der Waals surface area contributed by atoms with E-state index in [1.54, 1.807) is 0 Å². The Bertz CT molecular complexity index is 394. The molecule has 0 saturated carbocycles. The van der Waals surface area contributed by atoms with Crippen LogP contribution in [0.2, 0.25) is 0 Å². The van der Waals surface area contributed by atoms with Gasteiger partial charge in [0, 0.05) is 12.0 Å². The van der Waals surface area contributed by atoms with E-state index in [4.69, 9.17) is 15.2 Å². The Hall–Kier alpha value is -0.900. The van der Waals surface area contributed by atoms with Crippen LogP contribution in [0.1, 0.15) is 35.1 Å². The maximum absolute atomic E-state index is 5.99. The molecule has 100 valence electrons. The van der Waals surface area contributed by atoms with Gasteiger partial charge in [-0.25, -0.2) is 0 Å². The zero-order valence-corrected chi connectivity index (χ0v) is 11.6. The first-order valence-electron chi connectivity index (χ1n) is 6.65. The minimum Gasteiger partial charge on any atom is -0.346 e. The summed E-state index contributed by atoms with van der Waals surface area (Å²) in [7, 11) is 0. The smallest absolute Gasteiger partial charge is 0.196 e. The van der Waals surface area contributed by atoms with Crippen LogP contribution in [0.3, 0.4) is 0 Å². The van der Waals surface area contributed by atoms with Crippen molar-refractivity contribution in [2.24, 2.45) is 5.73 Å². The first-order valence-corrected chi connectivity index (χ1v) is 6.65. The van der Waals surface area contributed by atoms with Gasteiger partial charge in [-0.05, 0) is 44.9 Å². The Labute approximate surface area is 109 Å². The predicted octanol–water partition coefficient (Wildman–Crippen LogP) is 2.55. The Kier molecular flexibility index (Phi) is 4.05. The van der Waals surface area contributed by atoms with Gasteiger partial charge in [0.1, 0.15) is 0 Å². The fourth-order valence-corrected chi connectivity index (χ4v) is 2.96. The highest BCUT2D eigenvalue weighted by atomic mass is 16.7. The second-order valence-corrected chi connectivity index (χ2v) is 5.12. The molecule has 3 nitrogen and oxygen atoms in total. The Morgan fingerprint density at radius 3 is 2.17 bits per heavy atom. The van der Waals surface area contributed by atoms with Gasteiger partial charge in [-0.1, -0.05) is 17.7 Å². The topological polar surface area (TPSA) is 44.5 Å². The van der Waals surface area contributed by atoms with Crippen molar-refractivity contribution < 1.29 is 9.47 Å². The van der Waals surface area contributed by atoms with Crippen molar-refractivity contribution >= 4 is 0 Å². The molecule has 0 bridgehead atoms. The number of hydrogen-bond donors (Lipinski definition) is 1. The molecule has 0 radical (unpaired) electrons. The fraction of sp³-hybridized carbons (Fsp3) is 0.600. The Morgan fingerprint density at radius 2 is 1.67 bits per heavy atom. The highest BCUT2D eigenvalue weighted by molar-refractivity contribution is 5.40. The van der Waals surface area contributed by atoms with Gasteiger partial charge in [-0.3, -0.25) is 0 Å². The molecule has 1 aliphatic rings. The largest absolute Gasteiger partial charge is 0.346 e. The van der Waals surface area contributed by atoms with E-state index in [9.17, 15) is 0 Å². The van der Waals surface area contributed by atoms with Gasteiger partial charge in [0.25, 0.3) is 0 Å². The van der Waals surface area contributed by atoms with Crippen LogP contribution < -0.4 is 5.73 Å². The second-order valence-electron chi connectivity index (χ2n) is 5.12. The van der Waals surface area contributed by atoms with Gasteiger partial charge in [-0.15, -0.1) is 0 Å². The quantitative estimate of drug-likeness (QED) is 0.895. The summed E-state index contributed by atoms with van der Waals surface area (Å²) in [5.41, 5.74) is 10.6. The Morgan fingerprint density at radius 1 is 1.11 bits per heavy atom. The van der Waals surface area contributed by atoms with Crippen LogP contribution in [0.5, 0.6) is 0 Å². The van der Waals surface area contributed by atoms with Crippen molar-refractivity contribution in [2.75, 3.05) is 19.8 Å². The van der Waals surface area contributed by atoms with Crippen molar-refractivity contribution in [2.45, 2.75) is 39.4 Å². The van der Waals surface area contributed by atoms with Gasteiger partial charge in [0.15, 0.2) is 5.79 Å². The van der Waals surface area contributed by atoms with Gasteiger partial charge in [-0.2, -0.15) is 0 Å². The lowest BCUT2D eigenvalue weighted by Crippen LogP contribution is -2.41. The lowest BCUT2D eigenvalue weighted by molar-refractivity contribution is -0.279. The van der Waals surface area contributed by atoms with Crippen molar-refractivity contribution in [3.63, 3.8) is 0 Å². The number of ether oxygens (including phenoxy) is 2. The average Bonchev–Trinajstić information content (AvgIpc) is 2.28. The third kappa shape index (κ3) is 2.44. The van der Waals surface area contributed by atoms with Crippen LogP contribution in [0.4, 0.5) is 0 Å². The molecule has 1 aromatic carbocycles. The van der Waals surface area contributed by atoms with E-state index in [0.717, 1.165) is 19.6 Å². The molecule has 0 unspecified atom stereocenters. The van der Waals surface area contributed by atoms with E-state index in [1.165, 1.54) is 22.3 Å². The van der Waals surface area contributed by atoms with E-state index in [1.807, 2.05) is 0 Å². The molecule has 18 heavy (non-hydrogen) atoms. The second kappa shape index (κ2) is 5.39. The maximum atomic E-state index is 5.99. The number of aryl methyl sites for hydroxylation is 3. The van der Waals surface area contributed by atoms with Gasteiger partial charge >= 0.3 is 0 Å². The summed E-state index contributed by atoms with van der Waals surface area (Å²) < 4.78 is 12.0. The number of benzene rings is 1. The van der Waals surface area contributed by atoms with Crippen LogP contribution in [0.15, 0.2) is 12.1 Å². The van der Waals surface area contributed by atoms with Crippen LogP contribution in [0.25, 0.3) is 0 Å². The standard InChI is InChI=1S/C15H23NO2/c1-11-9-12(2)14(13(3)10-11)15(5-6-16)17-7-4-8-18-15/h9-10H,4-8,16H2,1-3H3. The van der Waals surface area contributed by atoms with Crippen molar-refractivity contribution in [3.05, 3.63) is 34.4 Å². The molecule has 1 saturated heterocycles. The van der Waals surface area contributed by atoms with Crippen LogP contribution >= 0.6 is 0 Å². The summed E-state index contributed by atoms with van der Waals surface area (Å²) >= 11 is 0. The predicted molar refractivity (Wildman–Crippen MR) is 72.5 cm³/mol. The fourth-order valence-electron chi connectivity index (χ4n) is 2.96. The molecule has 3 heteroatoms. The molecule has 2 N–H and O–H groups in total. The molecule has 1 heterocycles. The van der Waals surface area contributed by atoms with Crippen molar-refractivity contribution in [3.8, 4) is 0 Å². The van der Waals surface area contributed by atoms with Gasteiger partial charge in [0.2, 0.25) is 0 Å². The Balaban J connectivity index is 2.48. The summed E-state index contributed by atoms with van der Waals surface area (Å²) in [6.07, 6.45) is 1.66.